The van der Waals surface area contributed by atoms with Crippen LogP contribution in [0, 0.1) is 0 Å². The maximum Gasteiger partial charge on any atom is 0.0669 e. The number of hydrogen-bond donors (Lipinski definition) is 0. The summed E-state index contributed by atoms with van der Waals surface area (Å²) in [5.41, 5.74) is 4.46. The van der Waals surface area contributed by atoms with Gasteiger partial charge in [0.25, 0.3) is 0 Å². The first kappa shape index (κ1) is 16.6. The summed E-state index contributed by atoms with van der Waals surface area (Å²) in [6, 6.07) is 20.1. The minimum atomic E-state index is 0.0807. The summed E-state index contributed by atoms with van der Waals surface area (Å²) in [5.74, 6) is 0. The monoisotopic (exact) mass is 325 g/mol. The van der Waals surface area contributed by atoms with E-state index in [1.54, 1.807) is 0 Å². The highest BCUT2D eigenvalue weighted by molar-refractivity contribution is 8.01. The molecule has 2 aromatic rings. The predicted octanol–water partition coefficient (Wildman–Crippen LogP) is 5.25. The summed E-state index contributed by atoms with van der Waals surface area (Å²) in [6.07, 6.45) is 2.39. The maximum atomic E-state index is 2.37. The molecule has 1 aliphatic rings. The van der Waals surface area contributed by atoms with E-state index in [1.165, 1.54) is 29.5 Å². The van der Waals surface area contributed by atoms with Crippen molar-refractivity contribution in [3.63, 3.8) is 0 Å². The Morgan fingerprint density at radius 3 is 2.13 bits per heavy atom. The molecule has 0 radical (unpaired) electrons. The predicted molar refractivity (Wildman–Crippen MR) is 102 cm³/mol. The lowest BCUT2D eigenvalue weighted by Crippen LogP contribution is -2.24. The maximum absolute atomic E-state index is 2.37. The second-order valence-electron chi connectivity index (χ2n) is 7.26. The lowest BCUT2D eigenvalue weighted by molar-refractivity contribution is 0.386. The molecule has 0 aliphatic carbocycles. The molecular weight excluding hydrogens is 298 g/mol. The average Bonchev–Trinajstić information content (AvgIpc) is 2.77. The summed E-state index contributed by atoms with van der Waals surface area (Å²) in [5, 5.41) is 0. The third kappa shape index (κ3) is 3.07. The normalized spacial score (nSPS) is 22.3. The molecule has 1 unspecified atom stereocenters. The first-order valence-corrected chi connectivity index (χ1v) is 9.28. The molecule has 0 N–H and O–H groups in total. The van der Waals surface area contributed by atoms with Crippen LogP contribution in [0.3, 0.4) is 0 Å². The first-order chi connectivity index (χ1) is 11.0. The fraction of sp³-hybridized carbons (Fsp3) is 0.429. The zero-order valence-electron chi connectivity index (χ0n) is 14.7. The number of nitrogens with zero attached hydrogens (tertiary/aromatic N) is 1. The Bertz CT molecular complexity index is 663. The van der Waals surface area contributed by atoms with Crippen LogP contribution in [0.4, 0.5) is 0 Å². The molecule has 0 saturated heterocycles. The van der Waals surface area contributed by atoms with E-state index >= 15 is 0 Å². The Morgan fingerprint density at radius 1 is 0.870 bits per heavy atom. The van der Waals surface area contributed by atoms with Gasteiger partial charge in [0.1, 0.15) is 0 Å². The SMILES string of the molecule is CN(C)CCCC1(c2ccccc2)SC(C)(C)c2ccccc21. The van der Waals surface area contributed by atoms with E-state index in [0.717, 1.165) is 6.54 Å². The smallest absolute Gasteiger partial charge is 0.0669 e. The quantitative estimate of drug-likeness (QED) is 0.738. The molecule has 122 valence electrons. The summed E-state index contributed by atoms with van der Waals surface area (Å²) in [4.78, 5) is 2.29. The van der Waals surface area contributed by atoms with Crippen LogP contribution in [-0.4, -0.2) is 25.5 Å². The number of benzene rings is 2. The Hall–Kier alpha value is -1.25. The van der Waals surface area contributed by atoms with Crippen LogP contribution in [0.1, 0.15) is 43.4 Å². The zero-order chi connectivity index (χ0) is 16.5. The van der Waals surface area contributed by atoms with Crippen LogP contribution in [0.25, 0.3) is 0 Å². The Morgan fingerprint density at radius 2 is 1.48 bits per heavy atom. The van der Waals surface area contributed by atoms with E-state index in [4.69, 9.17) is 0 Å². The van der Waals surface area contributed by atoms with Gasteiger partial charge < -0.3 is 4.90 Å². The summed E-state index contributed by atoms with van der Waals surface area (Å²) >= 11 is 2.13. The van der Waals surface area contributed by atoms with Crippen molar-refractivity contribution in [3.05, 3.63) is 71.3 Å². The van der Waals surface area contributed by atoms with Crippen molar-refractivity contribution in [2.45, 2.75) is 36.2 Å². The Balaban J connectivity index is 2.07. The number of fused-ring (bicyclic) bond motifs is 1. The zero-order valence-corrected chi connectivity index (χ0v) is 15.5. The minimum absolute atomic E-state index is 0.0807. The Kier molecular flexibility index (Phi) is 4.57. The highest BCUT2D eigenvalue weighted by atomic mass is 32.2. The van der Waals surface area contributed by atoms with Gasteiger partial charge in [0.05, 0.1) is 4.75 Å². The summed E-state index contributed by atoms with van der Waals surface area (Å²) in [7, 11) is 4.32. The van der Waals surface area contributed by atoms with Crippen LogP contribution < -0.4 is 0 Å². The molecule has 1 atom stereocenters. The summed E-state index contributed by atoms with van der Waals surface area (Å²) < 4.78 is 0.238. The van der Waals surface area contributed by atoms with Crippen LogP contribution >= 0.6 is 11.8 Å². The van der Waals surface area contributed by atoms with Crippen LogP contribution in [-0.2, 0) is 9.49 Å². The molecular formula is C21H27NS. The van der Waals surface area contributed by atoms with Crippen molar-refractivity contribution in [3.8, 4) is 0 Å². The highest BCUT2D eigenvalue weighted by Gasteiger charge is 2.48. The topological polar surface area (TPSA) is 3.24 Å². The van der Waals surface area contributed by atoms with Gasteiger partial charge in [-0.05, 0) is 64.0 Å². The van der Waals surface area contributed by atoms with Crippen molar-refractivity contribution >= 4 is 11.8 Å². The van der Waals surface area contributed by atoms with Gasteiger partial charge in [0.2, 0.25) is 0 Å². The molecule has 1 heterocycles. The van der Waals surface area contributed by atoms with Gasteiger partial charge in [0, 0.05) is 4.75 Å². The molecule has 1 aliphatic heterocycles. The largest absolute Gasteiger partial charge is 0.309 e. The molecule has 0 saturated carbocycles. The van der Waals surface area contributed by atoms with Crippen molar-refractivity contribution in [2.75, 3.05) is 20.6 Å². The third-order valence-corrected chi connectivity index (χ3v) is 6.55. The molecule has 0 spiro atoms. The molecule has 0 amide bonds. The number of thioether (sulfide) groups is 1. The van der Waals surface area contributed by atoms with Gasteiger partial charge >= 0.3 is 0 Å². The summed E-state index contributed by atoms with van der Waals surface area (Å²) in [6.45, 7) is 5.87. The van der Waals surface area contributed by atoms with E-state index in [0.29, 0.717) is 0 Å². The third-order valence-electron chi connectivity index (χ3n) is 4.81. The van der Waals surface area contributed by atoms with Crippen molar-refractivity contribution in [2.24, 2.45) is 0 Å². The van der Waals surface area contributed by atoms with Gasteiger partial charge in [-0.25, -0.2) is 0 Å². The van der Waals surface area contributed by atoms with Gasteiger partial charge in [-0.15, -0.1) is 11.8 Å². The number of hydrogen-bond acceptors (Lipinski definition) is 2. The fourth-order valence-electron chi connectivity index (χ4n) is 3.80. The first-order valence-electron chi connectivity index (χ1n) is 8.46. The van der Waals surface area contributed by atoms with Crippen molar-refractivity contribution < 1.29 is 0 Å². The van der Waals surface area contributed by atoms with E-state index in [2.05, 4.69) is 99.2 Å². The van der Waals surface area contributed by atoms with Crippen LogP contribution in [0.5, 0.6) is 0 Å². The lowest BCUT2D eigenvalue weighted by atomic mass is 9.82. The van der Waals surface area contributed by atoms with Crippen molar-refractivity contribution in [1.82, 2.24) is 4.90 Å². The van der Waals surface area contributed by atoms with Crippen LogP contribution in [0.15, 0.2) is 54.6 Å². The number of rotatable bonds is 5. The van der Waals surface area contributed by atoms with E-state index in [9.17, 15) is 0 Å². The molecule has 2 aromatic carbocycles. The molecule has 0 aromatic heterocycles. The van der Waals surface area contributed by atoms with E-state index in [-0.39, 0.29) is 9.49 Å². The van der Waals surface area contributed by atoms with E-state index < -0.39 is 0 Å². The molecule has 0 fully saturated rings. The molecule has 23 heavy (non-hydrogen) atoms. The van der Waals surface area contributed by atoms with E-state index in [1.807, 2.05) is 0 Å². The molecule has 2 heteroatoms. The Labute approximate surface area is 145 Å². The van der Waals surface area contributed by atoms with Gasteiger partial charge in [-0.1, -0.05) is 54.6 Å². The second kappa shape index (κ2) is 6.33. The molecule has 0 bridgehead atoms. The van der Waals surface area contributed by atoms with Crippen molar-refractivity contribution in [1.29, 1.82) is 0 Å². The molecule has 3 rings (SSSR count). The highest BCUT2D eigenvalue weighted by Crippen LogP contribution is 2.62. The minimum Gasteiger partial charge on any atom is -0.309 e. The molecule has 1 nitrogen and oxygen atoms in total. The van der Waals surface area contributed by atoms with Crippen LogP contribution in [0.2, 0.25) is 0 Å². The fourth-order valence-corrected chi connectivity index (χ4v) is 5.75. The standard InChI is InChI=1S/C21H27NS/c1-20(2)18-13-8-9-14-19(18)21(23-20,15-10-16-22(3)4)17-11-6-5-7-12-17/h5-9,11-14H,10,15-16H2,1-4H3. The average molecular weight is 326 g/mol. The van der Waals surface area contributed by atoms with Gasteiger partial charge in [0.15, 0.2) is 0 Å². The van der Waals surface area contributed by atoms with Gasteiger partial charge in [-0.2, -0.15) is 0 Å². The lowest BCUT2D eigenvalue weighted by Gasteiger charge is -2.33. The van der Waals surface area contributed by atoms with Gasteiger partial charge in [-0.3, -0.25) is 0 Å². The second-order valence-corrected chi connectivity index (χ2v) is 9.18.